The van der Waals surface area contributed by atoms with Gasteiger partial charge in [-0.25, -0.2) is 22.0 Å². The number of benzene rings is 1. The second-order valence-electron chi connectivity index (χ2n) is 17.8. The van der Waals surface area contributed by atoms with Gasteiger partial charge in [-0.3, -0.25) is 28.5 Å². The molecular formula is C39H51ClF2N6O9S. The Hall–Kier alpha value is -4.06. The molecule has 3 N–H and O–H groups in total. The van der Waals surface area contributed by atoms with Crippen LogP contribution in [0.25, 0.3) is 10.9 Å². The van der Waals surface area contributed by atoms with Crippen molar-refractivity contribution in [3.63, 3.8) is 0 Å². The van der Waals surface area contributed by atoms with Gasteiger partial charge in [-0.1, -0.05) is 52.1 Å². The van der Waals surface area contributed by atoms with Gasteiger partial charge < -0.3 is 25.0 Å². The van der Waals surface area contributed by atoms with Gasteiger partial charge in [-0.05, 0) is 80.4 Å². The Morgan fingerprint density at radius 3 is 2.47 bits per heavy atom. The number of aromatic nitrogens is 2. The van der Waals surface area contributed by atoms with Crippen LogP contribution >= 0.6 is 11.6 Å². The van der Waals surface area contributed by atoms with Crippen molar-refractivity contribution in [1.82, 2.24) is 29.8 Å². The molecule has 3 heterocycles. The zero-order valence-corrected chi connectivity index (χ0v) is 34.5. The predicted octanol–water partition coefficient (Wildman–Crippen LogP) is 4.28. The number of hydrogen-bond donors (Lipinski definition) is 3. The Labute approximate surface area is 340 Å². The molecule has 1 saturated heterocycles. The molecule has 58 heavy (non-hydrogen) atoms. The molecule has 0 radical (unpaired) electrons. The number of halogens is 3. The summed E-state index contributed by atoms with van der Waals surface area (Å²) >= 11 is 6.27. The number of hydrogen-bond acceptors (Lipinski definition) is 10. The van der Waals surface area contributed by atoms with Crippen LogP contribution in [0.3, 0.4) is 0 Å². The Morgan fingerprint density at radius 2 is 1.79 bits per heavy atom. The zero-order chi connectivity index (χ0) is 41.9. The molecule has 4 amide bonds. The summed E-state index contributed by atoms with van der Waals surface area (Å²) in [5, 5.41) is 4.97. The van der Waals surface area contributed by atoms with Crippen LogP contribution in [0.15, 0.2) is 23.0 Å². The van der Waals surface area contributed by atoms with Gasteiger partial charge in [0.1, 0.15) is 29.8 Å². The van der Waals surface area contributed by atoms with Gasteiger partial charge in [-0.15, -0.1) is 0 Å². The molecule has 0 unspecified atom stereocenters. The molecule has 15 nitrogen and oxygen atoms in total. The van der Waals surface area contributed by atoms with Crippen molar-refractivity contribution in [1.29, 1.82) is 0 Å². The average Bonchev–Trinajstić information content (AvgIpc) is 4.04. The quantitative estimate of drug-likeness (QED) is 0.378. The number of nitrogens with zero attached hydrogens (tertiary/aromatic N) is 3. The third kappa shape index (κ3) is 8.63. The van der Waals surface area contributed by atoms with Gasteiger partial charge in [0.25, 0.3) is 17.5 Å². The molecule has 4 fully saturated rings. The second-order valence-corrected chi connectivity index (χ2v) is 20.2. The minimum atomic E-state index is -4.16. The number of nitrogens with one attached hydrogen (secondary N) is 3. The van der Waals surface area contributed by atoms with Crippen molar-refractivity contribution in [3.8, 4) is 6.01 Å². The molecule has 318 valence electrons. The molecule has 3 aliphatic carbocycles. The molecule has 0 spiro atoms. The molecule has 5 aliphatic rings. The Balaban J connectivity index is 1.25. The summed E-state index contributed by atoms with van der Waals surface area (Å²) < 4.78 is 69.5. The van der Waals surface area contributed by atoms with Crippen LogP contribution in [0.4, 0.5) is 13.6 Å². The lowest BCUT2D eigenvalue weighted by molar-refractivity contribution is -0.143. The Kier molecular flexibility index (Phi) is 11.5. The first-order valence-corrected chi connectivity index (χ1v) is 22.0. The summed E-state index contributed by atoms with van der Waals surface area (Å²) in [6, 6.07) is 1.93. The van der Waals surface area contributed by atoms with Crippen molar-refractivity contribution in [2.45, 2.75) is 140 Å². The van der Waals surface area contributed by atoms with E-state index in [2.05, 4.69) is 22.5 Å². The number of sulfonamides is 1. The maximum absolute atomic E-state index is 14.7. The number of alkyl carbamates (subject to hydrolysis) is 1. The van der Waals surface area contributed by atoms with E-state index in [1.165, 1.54) is 10.6 Å². The van der Waals surface area contributed by atoms with Gasteiger partial charge in [0.05, 0.1) is 28.6 Å². The summed E-state index contributed by atoms with van der Waals surface area (Å²) in [5.74, 6) is -4.27. The third-order valence-corrected chi connectivity index (χ3v) is 14.3. The van der Waals surface area contributed by atoms with Gasteiger partial charge >= 0.3 is 6.09 Å². The number of ether oxygens (including phenoxy) is 2. The lowest BCUT2D eigenvalue weighted by atomic mass is 9.85. The van der Waals surface area contributed by atoms with Crippen LogP contribution in [-0.4, -0.2) is 94.7 Å². The van der Waals surface area contributed by atoms with E-state index in [0.717, 1.165) is 30.6 Å². The van der Waals surface area contributed by atoms with Gasteiger partial charge in [0.2, 0.25) is 28.3 Å². The zero-order valence-electron chi connectivity index (χ0n) is 33.0. The first-order chi connectivity index (χ1) is 27.3. The molecule has 1 aromatic heterocycles. The van der Waals surface area contributed by atoms with E-state index in [-0.39, 0.29) is 48.6 Å². The van der Waals surface area contributed by atoms with E-state index < -0.39 is 87.0 Å². The maximum Gasteiger partial charge on any atom is 0.408 e. The van der Waals surface area contributed by atoms with E-state index in [4.69, 9.17) is 21.1 Å². The fraction of sp³-hybridized carbons (Fsp3) is 0.692. The van der Waals surface area contributed by atoms with E-state index in [1.54, 1.807) is 32.9 Å². The fourth-order valence-corrected chi connectivity index (χ4v) is 10.3. The SMILES string of the molecule is C[C@@H]1C[C@H]2CCCCCn3c(nc4cc(Cl)ccc4c3=O)O[C@@H]3C[C@@H](C(=O)N[C@]4(C(=O)NS(=O)(=O)C5CC5)C[C@H]4C(F)F)N(C3)C(=O)[C@H](C(C)(C)C)NC(=O)O[C@@H]2C1. The summed E-state index contributed by atoms with van der Waals surface area (Å²) in [6.45, 7) is 7.24. The monoisotopic (exact) mass is 852 g/mol. The van der Waals surface area contributed by atoms with Gasteiger partial charge in [-0.2, -0.15) is 4.98 Å². The Bertz CT molecular complexity index is 2150. The highest BCUT2D eigenvalue weighted by Gasteiger charge is 2.67. The number of amides is 4. The lowest BCUT2D eigenvalue weighted by Crippen LogP contribution is -2.60. The highest BCUT2D eigenvalue weighted by Crippen LogP contribution is 2.48. The topological polar surface area (TPSA) is 195 Å². The minimum Gasteiger partial charge on any atom is -0.459 e. The van der Waals surface area contributed by atoms with Crippen LogP contribution in [0.1, 0.15) is 91.9 Å². The normalized spacial score (nSPS) is 31.0. The maximum atomic E-state index is 14.7. The molecule has 2 bridgehead atoms. The summed E-state index contributed by atoms with van der Waals surface area (Å²) in [6.07, 6.45) is -0.920. The summed E-state index contributed by atoms with van der Waals surface area (Å²) in [7, 11) is -4.16. The molecule has 1 aromatic carbocycles. The molecular weight excluding hydrogens is 802 g/mol. The van der Waals surface area contributed by atoms with Crippen molar-refractivity contribution >= 4 is 56.3 Å². The minimum absolute atomic E-state index is 0.0702. The summed E-state index contributed by atoms with van der Waals surface area (Å²) in [4.78, 5) is 75.8. The van der Waals surface area contributed by atoms with Crippen LogP contribution in [0.5, 0.6) is 6.01 Å². The molecule has 19 heteroatoms. The summed E-state index contributed by atoms with van der Waals surface area (Å²) in [5.41, 5.74) is -3.30. The molecule has 3 saturated carbocycles. The van der Waals surface area contributed by atoms with Crippen molar-refractivity contribution in [2.24, 2.45) is 23.2 Å². The van der Waals surface area contributed by atoms with Crippen molar-refractivity contribution in [3.05, 3.63) is 33.6 Å². The fourth-order valence-electron chi connectivity index (χ4n) is 8.78. The number of rotatable bonds is 6. The first-order valence-electron chi connectivity index (χ1n) is 20.1. The number of carbonyl (C=O) groups is 4. The standard InChI is InChI=1S/C39H51ClF2N6O9S/c1-20-14-21-8-6-5-7-13-47-33(50)25-12-9-22(40)16-27(25)43-36(47)56-23-17-28(48(19-23)34(51)30(38(2,3)4)44-37(53)57-29(21)15-20)32(49)45-39(18-26(39)31(41)42)35(52)46-58(54,55)24-10-11-24/h9,12,16,20-21,23-24,26,28-31H,5-8,10-11,13-15,17-19H2,1-4H3,(H,44,53)(H,45,49)(H,46,52)/t20-,21-,23-,26+,28+,29-,30-,39-/m1/s1. The number of carbonyl (C=O) groups excluding carboxylic acids is 4. The van der Waals surface area contributed by atoms with Crippen LogP contribution in [0.2, 0.25) is 5.02 Å². The third-order valence-electron chi connectivity index (χ3n) is 12.2. The lowest BCUT2D eigenvalue weighted by Gasteiger charge is -2.35. The smallest absolute Gasteiger partial charge is 0.408 e. The number of alkyl halides is 2. The molecule has 2 aromatic rings. The van der Waals surface area contributed by atoms with Crippen LogP contribution in [0, 0.1) is 23.2 Å². The second kappa shape index (κ2) is 15.8. The van der Waals surface area contributed by atoms with Gasteiger partial charge in [0.15, 0.2) is 0 Å². The van der Waals surface area contributed by atoms with E-state index in [0.29, 0.717) is 42.0 Å². The van der Waals surface area contributed by atoms with Crippen LogP contribution in [-0.2, 0) is 35.7 Å². The molecule has 7 rings (SSSR count). The average molecular weight is 853 g/mol. The highest BCUT2D eigenvalue weighted by molar-refractivity contribution is 7.91. The predicted molar refractivity (Wildman–Crippen MR) is 208 cm³/mol. The molecule has 8 atom stereocenters. The largest absolute Gasteiger partial charge is 0.459 e. The first kappa shape index (κ1) is 42.1. The van der Waals surface area contributed by atoms with Crippen molar-refractivity contribution < 1.29 is 45.9 Å². The van der Waals surface area contributed by atoms with E-state index in [9.17, 15) is 41.2 Å². The van der Waals surface area contributed by atoms with Crippen LogP contribution < -0.4 is 25.7 Å². The van der Waals surface area contributed by atoms with E-state index >= 15 is 0 Å². The highest BCUT2D eigenvalue weighted by atomic mass is 35.5. The molecule has 2 aliphatic heterocycles. The van der Waals surface area contributed by atoms with E-state index in [1.807, 2.05) is 4.72 Å². The van der Waals surface area contributed by atoms with Crippen molar-refractivity contribution in [2.75, 3.05) is 6.54 Å². The van der Waals surface area contributed by atoms with Gasteiger partial charge in [0, 0.05) is 18.0 Å². The Morgan fingerprint density at radius 1 is 1.05 bits per heavy atom. The number of fused-ring (bicyclic) bond motifs is 5.